The first-order valence-electron chi connectivity index (χ1n) is 12.1. The predicted molar refractivity (Wildman–Crippen MR) is 141 cm³/mol. The lowest BCUT2D eigenvalue weighted by Crippen LogP contribution is -2.48. The molecule has 0 heterocycles. The Morgan fingerprint density at radius 3 is 1.49 bits per heavy atom. The molecule has 0 aliphatic rings. The fourth-order valence-electron chi connectivity index (χ4n) is 3.85. The SMILES string of the molecule is C=CCCC(O)[C@H](OCc1ccccc1)[C@@H](OCc1ccccc1)[C@@H](C=C)OCc1ccccc1. The van der Waals surface area contributed by atoms with E-state index in [-0.39, 0.29) is 0 Å². The minimum Gasteiger partial charge on any atom is -0.390 e. The summed E-state index contributed by atoms with van der Waals surface area (Å²) in [6.07, 6.45) is 2.26. The lowest BCUT2D eigenvalue weighted by molar-refractivity contribution is -0.169. The molecule has 0 radical (unpaired) electrons. The molecule has 35 heavy (non-hydrogen) atoms. The smallest absolute Gasteiger partial charge is 0.116 e. The van der Waals surface area contributed by atoms with Crippen LogP contribution in [-0.2, 0) is 34.0 Å². The van der Waals surface area contributed by atoms with E-state index in [9.17, 15) is 5.11 Å². The highest BCUT2D eigenvalue weighted by Gasteiger charge is 2.35. The van der Waals surface area contributed by atoms with Crippen molar-refractivity contribution >= 4 is 0 Å². The minimum absolute atomic E-state index is 0.352. The van der Waals surface area contributed by atoms with Gasteiger partial charge in [0.15, 0.2) is 0 Å². The molecule has 0 saturated heterocycles. The average molecular weight is 473 g/mol. The van der Waals surface area contributed by atoms with Crippen LogP contribution in [0.2, 0.25) is 0 Å². The second-order valence-electron chi connectivity index (χ2n) is 8.45. The third-order valence-electron chi connectivity index (χ3n) is 5.78. The number of aliphatic hydroxyl groups is 1. The van der Waals surface area contributed by atoms with Gasteiger partial charge >= 0.3 is 0 Å². The molecule has 0 saturated carbocycles. The highest BCUT2D eigenvalue weighted by Crippen LogP contribution is 2.23. The van der Waals surface area contributed by atoms with Crippen LogP contribution in [0.15, 0.2) is 116 Å². The van der Waals surface area contributed by atoms with Gasteiger partial charge in [0.1, 0.15) is 18.3 Å². The first-order valence-corrected chi connectivity index (χ1v) is 12.1. The number of aliphatic hydroxyl groups excluding tert-OH is 1. The first-order chi connectivity index (χ1) is 17.2. The fraction of sp³-hybridized carbons (Fsp3) is 0.290. The molecule has 0 aliphatic carbocycles. The third-order valence-corrected chi connectivity index (χ3v) is 5.78. The number of benzene rings is 3. The summed E-state index contributed by atoms with van der Waals surface area (Å²) in [7, 11) is 0. The Hall–Kier alpha value is -3.02. The zero-order chi connectivity index (χ0) is 24.7. The van der Waals surface area contributed by atoms with Gasteiger partial charge in [0.05, 0.1) is 25.9 Å². The quantitative estimate of drug-likeness (QED) is 0.250. The van der Waals surface area contributed by atoms with Crippen molar-refractivity contribution < 1.29 is 19.3 Å². The van der Waals surface area contributed by atoms with E-state index in [4.69, 9.17) is 14.2 Å². The molecule has 4 heteroatoms. The summed E-state index contributed by atoms with van der Waals surface area (Å²) >= 11 is 0. The maximum atomic E-state index is 11.2. The predicted octanol–water partition coefficient (Wildman–Crippen LogP) is 6.26. The Morgan fingerprint density at radius 1 is 0.629 bits per heavy atom. The summed E-state index contributed by atoms with van der Waals surface area (Å²) in [4.78, 5) is 0. The van der Waals surface area contributed by atoms with Crippen molar-refractivity contribution in [3.63, 3.8) is 0 Å². The van der Waals surface area contributed by atoms with Gasteiger partial charge in [-0.2, -0.15) is 0 Å². The van der Waals surface area contributed by atoms with E-state index in [0.717, 1.165) is 16.7 Å². The van der Waals surface area contributed by atoms with Gasteiger partial charge in [0, 0.05) is 0 Å². The van der Waals surface area contributed by atoms with E-state index in [1.807, 2.05) is 91.0 Å². The summed E-state index contributed by atoms with van der Waals surface area (Å²) in [6.45, 7) is 8.93. The van der Waals surface area contributed by atoms with E-state index in [0.29, 0.717) is 32.7 Å². The molecule has 3 aromatic carbocycles. The molecular weight excluding hydrogens is 436 g/mol. The van der Waals surface area contributed by atoms with Crippen molar-refractivity contribution in [2.24, 2.45) is 0 Å². The molecule has 4 atom stereocenters. The van der Waals surface area contributed by atoms with Crippen LogP contribution in [-0.4, -0.2) is 29.5 Å². The molecule has 1 N–H and O–H groups in total. The van der Waals surface area contributed by atoms with Crippen LogP contribution in [0.4, 0.5) is 0 Å². The molecule has 3 rings (SSSR count). The van der Waals surface area contributed by atoms with Crippen molar-refractivity contribution in [3.05, 3.63) is 133 Å². The lowest BCUT2D eigenvalue weighted by atomic mass is 9.98. The highest BCUT2D eigenvalue weighted by atomic mass is 16.6. The van der Waals surface area contributed by atoms with Gasteiger partial charge in [-0.3, -0.25) is 0 Å². The van der Waals surface area contributed by atoms with E-state index >= 15 is 0 Å². The summed E-state index contributed by atoms with van der Waals surface area (Å²) in [5.74, 6) is 0. The maximum absolute atomic E-state index is 11.2. The number of rotatable bonds is 16. The Kier molecular flexibility index (Phi) is 11.4. The molecule has 0 amide bonds. The van der Waals surface area contributed by atoms with Crippen LogP contribution in [0.1, 0.15) is 29.5 Å². The summed E-state index contributed by atoms with van der Waals surface area (Å²) < 4.78 is 19.0. The lowest BCUT2D eigenvalue weighted by Gasteiger charge is -2.35. The Balaban J connectivity index is 1.82. The number of hydrogen-bond acceptors (Lipinski definition) is 4. The van der Waals surface area contributed by atoms with Crippen LogP contribution in [0, 0.1) is 0 Å². The van der Waals surface area contributed by atoms with Crippen molar-refractivity contribution in [1.29, 1.82) is 0 Å². The first kappa shape index (κ1) is 26.6. The molecule has 0 aromatic heterocycles. The standard InChI is InChI=1S/C31H36O4/c1-3-5-21-28(32)30(34-23-26-17-11-7-12-18-26)31(35-24-27-19-13-8-14-20-27)29(4-2)33-22-25-15-9-6-10-16-25/h3-4,6-20,28-32H,1-2,5,21-24H2/t28?,29-,30+,31+/m1/s1. The Morgan fingerprint density at radius 2 is 1.06 bits per heavy atom. The zero-order valence-electron chi connectivity index (χ0n) is 20.2. The second-order valence-corrected chi connectivity index (χ2v) is 8.45. The van der Waals surface area contributed by atoms with Crippen LogP contribution < -0.4 is 0 Å². The van der Waals surface area contributed by atoms with Gasteiger partial charge in [-0.1, -0.05) is 103 Å². The van der Waals surface area contributed by atoms with Gasteiger partial charge in [-0.25, -0.2) is 0 Å². The molecule has 0 bridgehead atoms. The largest absolute Gasteiger partial charge is 0.390 e. The van der Waals surface area contributed by atoms with E-state index in [1.54, 1.807) is 12.2 Å². The Bertz CT molecular complexity index is 975. The van der Waals surface area contributed by atoms with E-state index in [2.05, 4.69) is 13.2 Å². The second kappa shape index (κ2) is 15.1. The van der Waals surface area contributed by atoms with Crippen molar-refractivity contribution in [1.82, 2.24) is 0 Å². The van der Waals surface area contributed by atoms with Gasteiger partial charge in [-0.05, 0) is 29.5 Å². The van der Waals surface area contributed by atoms with Crippen LogP contribution in [0.3, 0.4) is 0 Å². The monoisotopic (exact) mass is 472 g/mol. The molecule has 4 nitrogen and oxygen atoms in total. The van der Waals surface area contributed by atoms with Gasteiger partial charge in [0.2, 0.25) is 0 Å². The van der Waals surface area contributed by atoms with E-state index in [1.165, 1.54) is 0 Å². The van der Waals surface area contributed by atoms with Crippen molar-refractivity contribution in [3.8, 4) is 0 Å². The highest BCUT2D eigenvalue weighted by molar-refractivity contribution is 5.15. The van der Waals surface area contributed by atoms with Gasteiger partial charge in [0.25, 0.3) is 0 Å². The average Bonchev–Trinajstić information content (AvgIpc) is 2.92. The van der Waals surface area contributed by atoms with Crippen LogP contribution in [0.25, 0.3) is 0 Å². The molecule has 3 aromatic rings. The zero-order valence-corrected chi connectivity index (χ0v) is 20.2. The molecule has 1 unspecified atom stereocenters. The third kappa shape index (κ3) is 8.93. The number of ether oxygens (including phenoxy) is 3. The van der Waals surface area contributed by atoms with Crippen LogP contribution >= 0.6 is 0 Å². The number of hydrogen-bond donors (Lipinski definition) is 1. The molecule has 0 aliphatic heterocycles. The fourth-order valence-corrected chi connectivity index (χ4v) is 3.85. The Labute approximate surface area is 209 Å². The molecule has 0 spiro atoms. The minimum atomic E-state index is -0.764. The topological polar surface area (TPSA) is 47.9 Å². The summed E-state index contributed by atoms with van der Waals surface area (Å²) in [5, 5.41) is 11.2. The molecule has 0 fully saturated rings. The van der Waals surface area contributed by atoms with Crippen molar-refractivity contribution in [2.45, 2.75) is 57.1 Å². The number of allylic oxidation sites excluding steroid dienone is 1. The van der Waals surface area contributed by atoms with Gasteiger partial charge < -0.3 is 19.3 Å². The summed E-state index contributed by atoms with van der Waals surface area (Å²) in [6, 6.07) is 29.9. The molecule has 184 valence electrons. The van der Waals surface area contributed by atoms with E-state index < -0.39 is 24.4 Å². The summed E-state index contributed by atoms with van der Waals surface area (Å²) in [5.41, 5.74) is 3.11. The van der Waals surface area contributed by atoms with Crippen LogP contribution in [0.5, 0.6) is 0 Å². The maximum Gasteiger partial charge on any atom is 0.116 e. The van der Waals surface area contributed by atoms with Gasteiger partial charge in [-0.15, -0.1) is 13.2 Å². The molecular formula is C31H36O4. The van der Waals surface area contributed by atoms with Crippen molar-refractivity contribution in [2.75, 3.05) is 0 Å². The normalized spacial score (nSPS) is 14.5.